The molecule has 5 nitrogen and oxygen atoms in total. The van der Waals surface area contributed by atoms with Crippen molar-refractivity contribution in [2.75, 3.05) is 14.2 Å². The number of carbonyl (C=O) groups is 1. The highest BCUT2D eigenvalue weighted by Gasteiger charge is 2.40. The van der Waals surface area contributed by atoms with Crippen LogP contribution in [0.25, 0.3) is 11.0 Å². The summed E-state index contributed by atoms with van der Waals surface area (Å²) in [6.07, 6.45) is 0. The lowest BCUT2D eigenvalue weighted by Crippen LogP contribution is -2.25. The molecule has 0 N–H and O–H groups in total. The normalized spacial score (nSPS) is 16.4. The highest BCUT2D eigenvalue weighted by molar-refractivity contribution is 6.31. The summed E-state index contributed by atoms with van der Waals surface area (Å²) in [5.74, 6) is 0.473. The molecule has 1 aliphatic heterocycles. The topological polar surface area (TPSA) is 59.8 Å². The van der Waals surface area contributed by atoms with Gasteiger partial charge in [0.1, 0.15) is 11.3 Å². The van der Waals surface area contributed by atoms with Gasteiger partial charge in [-0.3, -0.25) is 9.59 Å². The second kappa shape index (κ2) is 5.63. The first-order valence-corrected chi connectivity index (χ1v) is 8.06. The van der Waals surface area contributed by atoms with Crippen LogP contribution in [0.3, 0.4) is 0 Å². The van der Waals surface area contributed by atoms with E-state index in [0.29, 0.717) is 27.3 Å². The maximum atomic E-state index is 13.0. The highest BCUT2D eigenvalue weighted by Crippen LogP contribution is 2.37. The van der Waals surface area contributed by atoms with Gasteiger partial charge in [0.2, 0.25) is 5.76 Å². The quantitative estimate of drug-likeness (QED) is 0.704. The van der Waals surface area contributed by atoms with E-state index in [9.17, 15) is 9.59 Å². The highest BCUT2D eigenvalue weighted by atomic mass is 35.5. The van der Waals surface area contributed by atoms with Gasteiger partial charge in [-0.05, 0) is 35.9 Å². The summed E-state index contributed by atoms with van der Waals surface area (Å²) in [5, 5.41) is 0.811. The minimum atomic E-state index is -0.506. The van der Waals surface area contributed by atoms with Gasteiger partial charge < -0.3 is 14.1 Å². The zero-order valence-electron chi connectivity index (χ0n) is 13.6. The summed E-state index contributed by atoms with van der Waals surface area (Å²) in [6, 6.07) is 11.6. The number of benzene rings is 2. The molecule has 0 saturated carbocycles. The molecule has 0 aliphatic carbocycles. The van der Waals surface area contributed by atoms with Crippen molar-refractivity contribution in [2.24, 2.45) is 0 Å². The largest absolute Gasteiger partial charge is 0.497 e. The van der Waals surface area contributed by atoms with Crippen LogP contribution in [0.4, 0.5) is 0 Å². The van der Waals surface area contributed by atoms with E-state index in [0.717, 1.165) is 5.56 Å². The number of halogens is 1. The van der Waals surface area contributed by atoms with E-state index in [1.165, 1.54) is 4.90 Å². The molecule has 0 radical (unpaired) electrons. The van der Waals surface area contributed by atoms with Crippen LogP contribution in [0.5, 0.6) is 5.75 Å². The van der Waals surface area contributed by atoms with E-state index in [1.54, 1.807) is 44.5 Å². The Balaban J connectivity index is 1.98. The summed E-state index contributed by atoms with van der Waals surface area (Å²) in [5.41, 5.74) is 1.26. The van der Waals surface area contributed by atoms with Crippen LogP contribution in [0.1, 0.15) is 27.7 Å². The summed E-state index contributed by atoms with van der Waals surface area (Å²) < 4.78 is 10.9. The molecule has 6 heteroatoms. The molecule has 0 fully saturated rings. The molecule has 25 heavy (non-hydrogen) atoms. The van der Waals surface area contributed by atoms with Gasteiger partial charge in [-0.15, -0.1) is 0 Å². The first-order valence-electron chi connectivity index (χ1n) is 7.68. The summed E-state index contributed by atoms with van der Waals surface area (Å²) in [6.45, 7) is 0. The van der Waals surface area contributed by atoms with Gasteiger partial charge in [0.25, 0.3) is 5.91 Å². The van der Waals surface area contributed by atoms with Crippen molar-refractivity contribution >= 4 is 28.5 Å². The Morgan fingerprint density at radius 2 is 1.84 bits per heavy atom. The molecule has 1 atom stereocenters. The fourth-order valence-corrected chi connectivity index (χ4v) is 3.41. The van der Waals surface area contributed by atoms with Crippen molar-refractivity contribution in [3.05, 3.63) is 74.6 Å². The molecule has 1 aliphatic rings. The molecule has 0 spiro atoms. The maximum absolute atomic E-state index is 13.0. The zero-order valence-corrected chi connectivity index (χ0v) is 14.3. The number of ether oxygens (including phenoxy) is 1. The Hall–Kier alpha value is -2.79. The number of amides is 1. The second-order valence-electron chi connectivity index (χ2n) is 5.91. The first kappa shape index (κ1) is 15.7. The van der Waals surface area contributed by atoms with Crippen LogP contribution < -0.4 is 10.2 Å². The van der Waals surface area contributed by atoms with Gasteiger partial charge in [0.05, 0.1) is 24.1 Å². The van der Waals surface area contributed by atoms with Gasteiger partial charge in [-0.2, -0.15) is 0 Å². The Morgan fingerprint density at radius 3 is 2.52 bits per heavy atom. The van der Waals surface area contributed by atoms with E-state index in [1.807, 2.05) is 12.1 Å². The van der Waals surface area contributed by atoms with Gasteiger partial charge in [-0.1, -0.05) is 23.7 Å². The van der Waals surface area contributed by atoms with Crippen LogP contribution in [-0.4, -0.2) is 25.0 Å². The van der Waals surface area contributed by atoms with E-state index in [2.05, 4.69) is 0 Å². The molecule has 126 valence electrons. The number of hydrogen-bond acceptors (Lipinski definition) is 4. The lowest BCUT2D eigenvalue weighted by molar-refractivity contribution is 0.0771. The van der Waals surface area contributed by atoms with Gasteiger partial charge in [0, 0.05) is 12.1 Å². The maximum Gasteiger partial charge on any atom is 0.290 e. The van der Waals surface area contributed by atoms with Crippen molar-refractivity contribution in [3.8, 4) is 5.75 Å². The van der Waals surface area contributed by atoms with Crippen LogP contribution in [-0.2, 0) is 0 Å². The third kappa shape index (κ3) is 2.31. The fraction of sp³-hybridized carbons (Fsp3) is 0.158. The van der Waals surface area contributed by atoms with Crippen LogP contribution in [0.15, 0.2) is 51.7 Å². The van der Waals surface area contributed by atoms with E-state index in [4.69, 9.17) is 20.8 Å². The van der Waals surface area contributed by atoms with Crippen molar-refractivity contribution in [3.63, 3.8) is 0 Å². The molecule has 3 aromatic rings. The lowest BCUT2D eigenvalue weighted by Gasteiger charge is -2.20. The third-order valence-corrected chi connectivity index (χ3v) is 4.73. The number of carbonyl (C=O) groups excluding carboxylic acids is 1. The van der Waals surface area contributed by atoms with E-state index >= 15 is 0 Å². The number of hydrogen-bond donors (Lipinski definition) is 0. The SMILES string of the molecule is COc1ccc(C2c3c(oc4ccc(Cl)cc4c3=O)C(=O)N2C)cc1. The van der Waals surface area contributed by atoms with Gasteiger partial charge in [-0.25, -0.2) is 0 Å². The molecule has 4 rings (SSSR count). The smallest absolute Gasteiger partial charge is 0.290 e. The van der Waals surface area contributed by atoms with E-state index in [-0.39, 0.29) is 17.1 Å². The van der Waals surface area contributed by atoms with E-state index < -0.39 is 6.04 Å². The minimum Gasteiger partial charge on any atom is -0.497 e. The fourth-order valence-electron chi connectivity index (χ4n) is 3.24. The molecular weight excluding hydrogens is 342 g/mol. The van der Waals surface area contributed by atoms with Crippen LogP contribution in [0, 0.1) is 0 Å². The molecule has 0 saturated heterocycles. The lowest BCUT2D eigenvalue weighted by atomic mass is 9.99. The predicted molar refractivity (Wildman–Crippen MR) is 94.4 cm³/mol. The van der Waals surface area contributed by atoms with Gasteiger partial charge in [0.15, 0.2) is 5.43 Å². The Labute approximate surface area is 148 Å². The predicted octanol–water partition coefficient (Wildman–Crippen LogP) is 3.63. The standard InChI is InChI=1S/C19H14ClNO4/c1-21-16(10-3-6-12(24-2)7-4-10)15-17(22)13-9-11(20)5-8-14(13)25-18(15)19(21)23/h3-9,16H,1-2H3. The van der Waals surface area contributed by atoms with Crippen LogP contribution in [0.2, 0.25) is 5.02 Å². The Morgan fingerprint density at radius 1 is 1.12 bits per heavy atom. The molecular formula is C19H14ClNO4. The van der Waals surface area contributed by atoms with Crippen molar-refractivity contribution in [1.29, 1.82) is 0 Å². The Bertz CT molecular complexity index is 1060. The van der Waals surface area contributed by atoms with Crippen molar-refractivity contribution in [2.45, 2.75) is 6.04 Å². The molecule has 0 bridgehead atoms. The summed E-state index contributed by atoms with van der Waals surface area (Å²) in [4.78, 5) is 27.2. The number of rotatable bonds is 2. The molecule has 1 unspecified atom stereocenters. The average Bonchev–Trinajstić information content (AvgIpc) is 2.88. The van der Waals surface area contributed by atoms with Crippen molar-refractivity contribution in [1.82, 2.24) is 4.90 Å². The van der Waals surface area contributed by atoms with Crippen LogP contribution >= 0.6 is 11.6 Å². The number of nitrogens with zero attached hydrogens (tertiary/aromatic N) is 1. The van der Waals surface area contributed by atoms with Crippen molar-refractivity contribution < 1.29 is 13.9 Å². The molecule has 1 aromatic heterocycles. The summed E-state index contributed by atoms with van der Waals surface area (Å²) in [7, 11) is 3.24. The van der Waals surface area contributed by atoms with Gasteiger partial charge >= 0.3 is 0 Å². The third-order valence-electron chi connectivity index (χ3n) is 4.49. The molecule has 2 heterocycles. The first-order chi connectivity index (χ1) is 12.0. The molecule has 2 aromatic carbocycles. The monoisotopic (exact) mass is 355 g/mol. The minimum absolute atomic E-state index is 0.0862. The Kier molecular flexibility index (Phi) is 3.54. The number of fused-ring (bicyclic) bond motifs is 2. The summed E-state index contributed by atoms with van der Waals surface area (Å²) >= 11 is 6.01. The second-order valence-corrected chi connectivity index (χ2v) is 6.34. The zero-order chi connectivity index (χ0) is 17.7. The molecule has 1 amide bonds. The number of methoxy groups -OCH3 is 1. The average molecular weight is 356 g/mol.